The number of benzene rings is 1. The molecule has 2 heterocycles. The average Bonchev–Trinajstić information content (AvgIpc) is 2.92. The fraction of sp³-hybridized carbons (Fsp3) is 0.444. The van der Waals surface area contributed by atoms with Crippen molar-refractivity contribution in [2.24, 2.45) is 0 Å². The third-order valence-corrected chi connectivity index (χ3v) is 4.38. The van der Waals surface area contributed by atoms with Crippen molar-refractivity contribution in [2.75, 3.05) is 19.7 Å². The Morgan fingerprint density at radius 1 is 1.32 bits per heavy atom. The lowest BCUT2D eigenvalue weighted by Crippen LogP contribution is -2.43. The third kappa shape index (κ3) is 3.97. The summed E-state index contributed by atoms with van der Waals surface area (Å²) in [5.41, 5.74) is 2.03. The maximum absolute atomic E-state index is 13.6. The number of carbonyl (C=O) groups is 1. The Balaban J connectivity index is 1.61. The second-order valence-corrected chi connectivity index (χ2v) is 6.37. The lowest BCUT2D eigenvalue weighted by atomic mass is 10.1. The number of halogens is 2. The molecule has 0 N–H and O–H groups in total. The summed E-state index contributed by atoms with van der Waals surface area (Å²) in [4.78, 5) is 14.1. The van der Waals surface area contributed by atoms with Gasteiger partial charge in [0.05, 0.1) is 11.7 Å². The first-order valence-electron chi connectivity index (χ1n) is 8.32. The Kier molecular flexibility index (Phi) is 5.01. The molecule has 134 valence electrons. The topological polar surface area (TPSA) is 47.4 Å². The van der Waals surface area contributed by atoms with Gasteiger partial charge < -0.3 is 9.64 Å². The summed E-state index contributed by atoms with van der Waals surface area (Å²) in [6.07, 6.45) is 1.83. The van der Waals surface area contributed by atoms with Gasteiger partial charge in [0.15, 0.2) is 18.2 Å². The quantitative estimate of drug-likeness (QED) is 0.852. The van der Waals surface area contributed by atoms with E-state index in [9.17, 15) is 13.6 Å². The third-order valence-electron chi connectivity index (χ3n) is 4.38. The summed E-state index contributed by atoms with van der Waals surface area (Å²) in [6.45, 7) is 4.87. The predicted molar refractivity (Wildman–Crippen MR) is 88.4 cm³/mol. The standard InChI is InChI=1S/C18H21F2N3O2/c1-12-8-13(2)23(21-12)15-4-3-7-22(10-15)18(24)11-25-17-6-5-14(19)9-16(17)20/h5-6,8-9,15H,3-4,7,10-11H2,1-2H3/t15-/m1/s1. The summed E-state index contributed by atoms with van der Waals surface area (Å²) in [6, 6.07) is 5.17. The van der Waals surface area contributed by atoms with Crippen LogP contribution in [0, 0.1) is 25.5 Å². The van der Waals surface area contributed by atoms with Crippen LogP contribution in [0.2, 0.25) is 0 Å². The molecule has 1 amide bonds. The van der Waals surface area contributed by atoms with Crippen molar-refractivity contribution in [1.29, 1.82) is 0 Å². The van der Waals surface area contributed by atoms with Crippen molar-refractivity contribution in [2.45, 2.75) is 32.7 Å². The van der Waals surface area contributed by atoms with Gasteiger partial charge >= 0.3 is 0 Å². The van der Waals surface area contributed by atoms with Gasteiger partial charge in [-0.1, -0.05) is 0 Å². The van der Waals surface area contributed by atoms with E-state index in [1.54, 1.807) is 4.90 Å². The Morgan fingerprint density at radius 2 is 2.12 bits per heavy atom. The second-order valence-electron chi connectivity index (χ2n) is 6.37. The number of amides is 1. The van der Waals surface area contributed by atoms with Gasteiger partial charge in [-0.25, -0.2) is 8.78 Å². The molecule has 1 aromatic heterocycles. The number of hydrogen-bond donors (Lipinski definition) is 0. The van der Waals surface area contributed by atoms with Crippen molar-refractivity contribution in [3.8, 4) is 5.75 Å². The number of ether oxygens (including phenoxy) is 1. The Labute approximate surface area is 145 Å². The van der Waals surface area contributed by atoms with Crippen molar-refractivity contribution in [3.05, 3.63) is 47.3 Å². The van der Waals surface area contributed by atoms with Crippen LogP contribution in [-0.2, 0) is 4.79 Å². The van der Waals surface area contributed by atoms with Crippen LogP contribution in [0.15, 0.2) is 24.3 Å². The molecule has 0 spiro atoms. The van der Waals surface area contributed by atoms with E-state index in [2.05, 4.69) is 5.10 Å². The Hall–Kier alpha value is -2.44. The van der Waals surface area contributed by atoms with E-state index in [0.29, 0.717) is 13.1 Å². The minimum absolute atomic E-state index is 0.123. The minimum atomic E-state index is -0.813. The molecule has 1 aliphatic heterocycles. The lowest BCUT2D eigenvalue weighted by Gasteiger charge is -2.33. The molecule has 1 aliphatic rings. The first-order valence-corrected chi connectivity index (χ1v) is 8.32. The zero-order chi connectivity index (χ0) is 18.0. The van der Waals surface area contributed by atoms with Gasteiger partial charge in [0.1, 0.15) is 5.82 Å². The minimum Gasteiger partial charge on any atom is -0.481 e. The molecule has 1 atom stereocenters. The highest BCUT2D eigenvalue weighted by atomic mass is 19.1. The second kappa shape index (κ2) is 7.21. The van der Waals surface area contributed by atoms with Gasteiger partial charge in [-0.2, -0.15) is 5.10 Å². The predicted octanol–water partition coefficient (Wildman–Crippen LogP) is 3.02. The van der Waals surface area contributed by atoms with E-state index in [1.165, 1.54) is 6.07 Å². The molecule has 1 aromatic carbocycles. The molecular formula is C18H21F2N3O2. The number of aryl methyl sites for hydroxylation is 2. The number of rotatable bonds is 4. The first kappa shape index (κ1) is 17.4. The number of carbonyl (C=O) groups excluding carboxylic acids is 1. The SMILES string of the molecule is Cc1cc(C)n([C@@H]2CCCN(C(=O)COc3ccc(F)cc3F)C2)n1. The molecular weight excluding hydrogens is 328 g/mol. The summed E-state index contributed by atoms with van der Waals surface area (Å²) in [5.74, 6) is -1.83. The van der Waals surface area contributed by atoms with Crippen LogP contribution in [0.3, 0.4) is 0 Å². The highest BCUT2D eigenvalue weighted by Crippen LogP contribution is 2.23. The fourth-order valence-corrected chi connectivity index (χ4v) is 3.22. The zero-order valence-electron chi connectivity index (χ0n) is 14.3. The van der Waals surface area contributed by atoms with Crippen molar-refractivity contribution < 1.29 is 18.3 Å². The smallest absolute Gasteiger partial charge is 0.260 e. The van der Waals surface area contributed by atoms with Crippen LogP contribution in [0.25, 0.3) is 0 Å². The van der Waals surface area contributed by atoms with Crippen LogP contribution in [0.5, 0.6) is 5.75 Å². The molecule has 2 aromatic rings. The molecule has 3 rings (SSSR count). The van der Waals surface area contributed by atoms with Gasteiger partial charge in [-0.15, -0.1) is 0 Å². The maximum atomic E-state index is 13.6. The van der Waals surface area contributed by atoms with Crippen LogP contribution < -0.4 is 4.74 Å². The van der Waals surface area contributed by atoms with Crippen LogP contribution in [0.1, 0.15) is 30.3 Å². The van der Waals surface area contributed by atoms with Crippen molar-refractivity contribution in [1.82, 2.24) is 14.7 Å². The molecule has 0 unspecified atom stereocenters. The van der Waals surface area contributed by atoms with Gasteiger partial charge in [0, 0.05) is 24.8 Å². The van der Waals surface area contributed by atoms with E-state index in [-0.39, 0.29) is 24.3 Å². The van der Waals surface area contributed by atoms with E-state index in [1.807, 2.05) is 24.6 Å². The fourth-order valence-electron chi connectivity index (χ4n) is 3.22. The van der Waals surface area contributed by atoms with Gasteiger partial charge in [0.25, 0.3) is 5.91 Å². The highest BCUT2D eigenvalue weighted by Gasteiger charge is 2.26. The Morgan fingerprint density at radius 3 is 2.80 bits per heavy atom. The van der Waals surface area contributed by atoms with Crippen molar-refractivity contribution >= 4 is 5.91 Å². The Bertz CT molecular complexity index is 776. The molecule has 0 bridgehead atoms. The van der Waals surface area contributed by atoms with E-state index in [4.69, 9.17) is 4.74 Å². The maximum Gasteiger partial charge on any atom is 0.260 e. The molecule has 7 heteroatoms. The number of aromatic nitrogens is 2. The van der Waals surface area contributed by atoms with E-state index < -0.39 is 11.6 Å². The summed E-state index contributed by atoms with van der Waals surface area (Å²) < 4.78 is 33.7. The largest absolute Gasteiger partial charge is 0.481 e. The van der Waals surface area contributed by atoms with Crippen molar-refractivity contribution in [3.63, 3.8) is 0 Å². The van der Waals surface area contributed by atoms with Gasteiger partial charge in [0.2, 0.25) is 0 Å². The molecule has 1 fully saturated rings. The number of nitrogens with zero attached hydrogens (tertiary/aromatic N) is 3. The normalized spacial score (nSPS) is 17.6. The molecule has 0 saturated carbocycles. The summed E-state index contributed by atoms with van der Waals surface area (Å²) in [7, 11) is 0. The van der Waals surface area contributed by atoms with Crippen LogP contribution >= 0.6 is 0 Å². The van der Waals surface area contributed by atoms with Gasteiger partial charge in [-0.05, 0) is 44.9 Å². The van der Waals surface area contributed by atoms with Gasteiger partial charge in [-0.3, -0.25) is 9.48 Å². The lowest BCUT2D eigenvalue weighted by molar-refractivity contribution is -0.135. The van der Waals surface area contributed by atoms with Crippen LogP contribution in [-0.4, -0.2) is 40.3 Å². The average molecular weight is 349 g/mol. The molecule has 25 heavy (non-hydrogen) atoms. The monoisotopic (exact) mass is 349 g/mol. The van der Waals surface area contributed by atoms with E-state index >= 15 is 0 Å². The highest BCUT2D eigenvalue weighted by molar-refractivity contribution is 5.77. The molecule has 0 aliphatic carbocycles. The zero-order valence-corrected chi connectivity index (χ0v) is 14.3. The molecule has 5 nitrogen and oxygen atoms in total. The number of piperidine rings is 1. The molecule has 1 saturated heterocycles. The molecule has 0 radical (unpaired) electrons. The summed E-state index contributed by atoms with van der Waals surface area (Å²) in [5, 5.41) is 4.50. The summed E-state index contributed by atoms with van der Waals surface area (Å²) >= 11 is 0. The number of likely N-dealkylation sites (tertiary alicyclic amines) is 1. The van der Waals surface area contributed by atoms with E-state index in [0.717, 1.165) is 36.4 Å². The number of hydrogen-bond acceptors (Lipinski definition) is 3. The van der Waals surface area contributed by atoms with Crippen LogP contribution in [0.4, 0.5) is 8.78 Å². The first-order chi connectivity index (χ1) is 11.9.